The zero-order valence-electron chi connectivity index (χ0n) is 16.5. The first-order valence-corrected chi connectivity index (χ1v) is 10.2. The van der Waals surface area contributed by atoms with Crippen LogP contribution in [0.15, 0.2) is 24.3 Å². The topological polar surface area (TPSA) is 90.5 Å². The van der Waals surface area contributed by atoms with Crippen LogP contribution in [0.3, 0.4) is 0 Å². The van der Waals surface area contributed by atoms with Crippen LogP contribution in [0.5, 0.6) is 0 Å². The Hall–Kier alpha value is -2.57. The number of nitrogens with one attached hydrogen (secondary N) is 3. The minimum absolute atomic E-state index is 0.0781. The van der Waals surface area contributed by atoms with Gasteiger partial charge in [0.05, 0.1) is 0 Å². The first-order valence-electron chi connectivity index (χ1n) is 10.2. The number of carbonyl (C=O) groups excluding carboxylic acids is 3. The van der Waals surface area contributed by atoms with Gasteiger partial charge in [-0.05, 0) is 49.3 Å². The molecule has 152 valence electrons. The molecule has 3 rings (SSSR count). The van der Waals surface area contributed by atoms with E-state index in [1.165, 1.54) is 6.92 Å². The van der Waals surface area contributed by atoms with Crippen LogP contribution in [0, 0.1) is 5.92 Å². The van der Waals surface area contributed by atoms with E-state index >= 15 is 0 Å². The van der Waals surface area contributed by atoms with E-state index in [1.807, 2.05) is 29.2 Å². The third-order valence-corrected chi connectivity index (χ3v) is 5.55. The van der Waals surface area contributed by atoms with Gasteiger partial charge in [-0.2, -0.15) is 0 Å². The molecule has 7 nitrogen and oxygen atoms in total. The van der Waals surface area contributed by atoms with Crippen LogP contribution in [-0.4, -0.2) is 41.9 Å². The lowest BCUT2D eigenvalue weighted by atomic mass is 9.97. The van der Waals surface area contributed by atoms with E-state index in [1.54, 1.807) is 0 Å². The Balaban J connectivity index is 1.56. The number of carbonyl (C=O) groups is 3. The highest BCUT2D eigenvalue weighted by molar-refractivity contribution is 5.89. The van der Waals surface area contributed by atoms with Crippen LogP contribution >= 0.6 is 0 Å². The molecule has 0 aromatic heterocycles. The molecule has 1 saturated carbocycles. The summed E-state index contributed by atoms with van der Waals surface area (Å²) in [7, 11) is 0. The monoisotopic (exact) mass is 386 g/mol. The average Bonchev–Trinajstić information content (AvgIpc) is 3.38. The van der Waals surface area contributed by atoms with Crippen molar-refractivity contribution in [3.05, 3.63) is 29.8 Å². The SMILES string of the molecule is CC(=O)NC(C(=O)NCc1cccc(NC(=O)N2CCCC2)c1)C1CCCC1. The molecule has 1 aliphatic carbocycles. The summed E-state index contributed by atoms with van der Waals surface area (Å²) in [6.45, 7) is 3.40. The second kappa shape index (κ2) is 9.57. The number of hydrogen-bond acceptors (Lipinski definition) is 3. The minimum Gasteiger partial charge on any atom is -0.350 e. The largest absolute Gasteiger partial charge is 0.350 e. The smallest absolute Gasteiger partial charge is 0.321 e. The van der Waals surface area contributed by atoms with Gasteiger partial charge in [-0.3, -0.25) is 9.59 Å². The molecule has 4 amide bonds. The van der Waals surface area contributed by atoms with Crippen LogP contribution in [0.2, 0.25) is 0 Å². The highest BCUT2D eigenvalue weighted by atomic mass is 16.2. The maximum absolute atomic E-state index is 12.7. The Kier molecular flexibility index (Phi) is 6.90. The van der Waals surface area contributed by atoms with Gasteiger partial charge in [-0.25, -0.2) is 4.79 Å². The van der Waals surface area contributed by atoms with Crippen molar-refractivity contribution in [2.75, 3.05) is 18.4 Å². The van der Waals surface area contributed by atoms with Crippen molar-refractivity contribution in [2.45, 2.75) is 58.0 Å². The summed E-state index contributed by atoms with van der Waals surface area (Å²) < 4.78 is 0. The molecule has 28 heavy (non-hydrogen) atoms. The van der Waals surface area contributed by atoms with Gasteiger partial charge >= 0.3 is 6.03 Å². The predicted octanol–water partition coefficient (Wildman–Crippen LogP) is 2.63. The third-order valence-electron chi connectivity index (χ3n) is 5.55. The number of nitrogens with zero attached hydrogens (tertiary/aromatic N) is 1. The van der Waals surface area contributed by atoms with E-state index in [9.17, 15) is 14.4 Å². The Morgan fingerprint density at radius 2 is 1.82 bits per heavy atom. The van der Waals surface area contributed by atoms with Gasteiger partial charge < -0.3 is 20.9 Å². The van der Waals surface area contributed by atoms with E-state index in [4.69, 9.17) is 0 Å². The molecule has 1 aliphatic heterocycles. The van der Waals surface area contributed by atoms with Crippen LogP contribution in [0.4, 0.5) is 10.5 Å². The normalized spacial score (nSPS) is 18.0. The van der Waals surface area contributed by atoms with E-state index in [0.717, 1.165) is 62.9 Å². The maximum Gasteiger partial charge on any atom is 0.321 e. The summed E-state index contributed by atoms with van der Waals surface area (Å²) in [6.07, 6.45) is 6.25. The molecule has 7 heteroatoms. The second-order valence-corrected chi connectivity index (χ2v) is 7.77. The van der Waals surface area contributed by atoms with Gasteiger partial charge in [-0.1, -0.05) is 25.0 Å². The standard InChI is InChI=1S/C21H30N4O3/c1-15(26)23-19(17-8-2-3-9-17)20(27)22-14-16-7-6-10-18(13-16)24-21(28)25-11-4-5-12-25/h6-7,10,13,17,19H,2-5,8-9,11-12,14H2,1H3,(H,22,27)(H,23,26)(H,24,28). The summed E-state index contributed by atoms with van der Waals surface area (Å²) in [5, 5.41) is 8.68. The third kappa shape index (κ3) is 5.47. The molecule has 3 N–H and O–H groups in total. The van der Waals surface area contributed by atoms with Crippen molar-refractivity contribution in [1.29, 1.82) is 0 Å². The molecule has 1 unspecified atom stereocenters. The fraction of sp³-hybridized carbons (Fsp3) is 0.571. The van der Waals surface area contributed by atoms with Crippen LogP contribution < -0.4 is 16.0 Å². The average molecular weight is 386 g/mol. The van der Waals surface area contributed by atoms with Gasteiger partial charge in [-0.15, -0.1) is 0 Å². The Morgan fingerprint density at radius 1 is 1.11 bits per heavy atom. The number of benzene rings is 1. The maximum atomic E-state index is 12.7. The van der Waals surface area contributed by atoms with E-state index in [0.29, 0.717) is 6.54 Å². The molecule has 0 spiro atoms. The Labute approximate surface area is 166 Å². The minimum atomic E-state index is -0.474. The molecule has 1 atom stereocenters. The van der Waals surface area contributed by atoms with E-state index in [-0.39, 0.29) is 23.8 Å². The van der Waals surface area contributed by atoms with Crippen LogP contribution in [0.1, 0.15) is 51.0 Å². The molecule has 0 bridgehead atoms. The summed E-state index contributed by atoms with van der Waals surface area (Å²) in [4.78, 5) is 38.2. The van der Waals surface area contributed by atoms with Gasteiger partial charge in [0.2, 0.25) is 11.8 Å². The summed E-state index contributed by atoms with van der Waals surface area (Å²) in [6, 6.07) is 6.94. The van der Waals surface area contributed by atoms with Crippen molar-refractivity contribution in [2.24, 2.45) is 5.92 Å². The number of urea groups is 1. The van der Waals surface area contributed by atoms with Crippen molar-refractivity contribution < 1.29 is 14.4 Å². The fourth-order valence-electron chi connectivity index (χ4n) is 4.09. The summed E-state index contributed by atoms with van der Waals surface area (Å²) in [5.41, 5.74) is 1.62. The van der Waals surface area contributed by atoms with Gasteiger partial charge in [0.15, 0.2) is 0 Å². The zero-order valence-corrected chi connectivity index (χ0v) is 16.5. The fourth-order valence-corrected chi connectivity index (χ4v) is 4.09. The van der Waals surface area contributed by atoms with Crippen molar-refractivity contribution >= 4 is 23.5 Å². The van der Waals surface area contributed by atoms with Gasteiger partial charge in [0.25, 0.3) is 0 Å². The van der Waals surface area contributed by atoms with E-state index < -0.39 is 6.04 Å². The number of likely N-dealkylation sites (tertiary alicyclic amines) is 1. The molecule has 1 aromatic carbocycles. The molecular formula is C21H30N4O3. The molecule has 1 saturated heterocycles. The Bertz CT molecular complexity index is 709. The summed E-state index contributed by atoms with van der Waals surface area (Å²) in [5.74, 6) is -0.123. The van der Waals surface area contributed by atoms with Crippen molar-refractivity contribution in [1.82, 2.24) is 15.5 Å². The highest BCUT2D eigenvalue weighted by Crippen LogP contribution is 2.28. The summed E-state index contributed by atoms with van der Waals surface area (Å²) >= 11 is 0. The molecule has 2 aliphatic rings. The number of rotatable bonds is 6. The van der Waals surface area contributed by atoms with Crippen LogP contribution in [-0.2, 0) is 16.1 Å². The van der Waals surface area contributed by atoms with Crippen LogP contribution in [0.25, 0.3) is 0 Å². The molecule has 0 radical (unpaired) electrons. The first kappa shape index (κ1) is 20.2. The Morgan fingerprint density at radius 3 is 2.50 bits per heavy atom. The molecule has 1 heterocycles. The lowest BCUT2D eigenvalue weighted by Gasteiger charge is -2.23. The molecular weight excluding hydrogens is 356 g/mol. The van der Waals surface area contributed by atoms with Gasteiger partial charge in [0, 0.05) is 32.2 Å². The second-order valence-electron chi connectivity index (χ2n) is 7.77. The number of amides is 4. The number of anilines is 1. The molecule has 2 fully saturated rings. The highest BCUT2D eigenvalue weighted by Gasteiger charge is 2.31. The zero-order chi connectivity index (χ0) is 19.9. The van der Waals surface area contributed by atoms with E-state index in [2.05, 4.69) is 16.0 Å². The number of hydrogen-bond donors (Lipinski definition) is 3. The lowest BCUT2D eigenvalue weighted by Crippen LogP contribution is -2.49. The lowest BCUT2D eigenvalue weighted by molar-refractivity contribution is -0.129. The quantitative estimate of drug-likeness (QED) is 0.702. The van der Waals surface area contributed by atoms with Crippen molar-refractivity contribution in [3.63, 3.8) is 0 Å². The first-order chi connectivity index (χ1) is 13.5. The molecule has 1 aromatic rings. The van der Waals surface area contributed by atoms with Gasteiger partial charge in [0.1, 0.15) is 6.04 Å². The predicted molar refractivity (Wildman–Crippen MR) is 108 cm³/mol. The van der Waals surface area contributed by atoms with Crippen molar-refractivity contribution in [3.8, 4) is 0 Å².